The molecule has 0 radical (unpaired) electrons. The summed E-state index contributed by atoms with van der Waals surface area (Å²) in [6.07, 6.45) is 1.10. The monoisotopic (exact) mass is 365 g/mol. The molecule has 0 aliphatic heterocycles. The van der Waals surface area contributed by atoms with E-state index in [0.717, 1.165) is 22.9 Å². The van der Waals surface area contributed by atoms with Crippen LogP contribution in [0.5, 0.6) is 5.88 Å². The largest absolute Gasteiger partial charge is 0.493 e. The lowest BCUT2D eigenvalue weighted by atomic mass is 9.95. The first-order valence-electron chi connectivity index (χ1n) is 8.47. The molecule has 3 aromatic rings. The highest BCUT2D eigenvalue weighted by Crippen LogP contribution is 2.32. The van der Waals surface area contributed by atoms with Crippen LogP contribution in [0.15, 0.2) is 35.3 Å². The Balaban J connectivity index is 2.14. The molecule has 1 N–H and O–H groups in total. The third-order valence-electron chi connectivity index (χ3n) is 4.49. The van der Waals surface area contributed by atoms with Crippen LogP contribution in [0.2, 0.25) is 0 Å². The molecular formula is C21H20FN3O2. The van der Waals surface area contributed by atoms with Crippen molar-refractivity contribution in [1.82, 2.24) is 14.3 Å². The number of nitrogens with zero attached hydrogens (tertiary/aromatic N) is 3. The lowest BCUT2D eigenvalue weighted by Crippen LogP contribution is -2.23. The molecule has 0 saturated carbocycles. The summed E-state index contributed by atoms with van der Waals surface area (Å²) in [7, 11) is 1.60. The van der Waals surface area contributed by atoms with Gasteiger partial charge < -0.3 is 5.11 Å². The molecule has 0 aliphatic rings. The average molecular weight is 365 g/mol. The van der Waals surface area contributed by atoms with Crippen molar-refractivity contribution in [3.63, 3.8) is 0 Å². The zero-order chi connectivity index (χ0) is 19.7. The van der Waals surface area contributed by atoms with Crippen LogP contribution in [0.25, 0.3) is 11.1 Å². The molecule has 2 aromatic heterocycles. The number of benzene rings is 1. The van der Waals surface area contributed by atoms with Crippen molar-refractivity contribution in [2.75, 3.05) is 0 Å². The van der Waals surface area contributed by atoms with Gasteiger partial charge in [-0.2, -0.15) is 0 Å². The van der Waals surface area contributed by atoms with Gasteiger partial charge in [0.15, 0.2) is 0 Å². The number of hydrogen-bond acceptors (Lipinski definition) is 3. The van der Waals surface area contributed by atoms with Crippen molar-refractivity contribution in [3.8, 4) is 28.8 Å². The van der Waals surface area contributed by atoms with Crippen molar-refractivity contribution in [1.29, 1.82) is 0 Å². The third kappa shape index (κ3) is 3.36. The molecule has 0 amide bonds. The van der Waals surface area contributed by atoms with Gasteiger partial charge >= 0.3 is 0 Å². The Hall–Kier alpha value is -3.33. The van der Waals surface area contributed by atoms with Crippen molar-refractivity contribution in [3.05, 3.63) is 69.0 Å². The lowest BCUT2D eigenvalue weighted by molar-refractivity contribution is 0.389. The number of aryl methyl sites for hydroxylation is 2. The van der Waals surface area contributed by atoms with E-state index in [1.54, 1.807) is 14.0 Å². The van der Waals surface area contributed by atoms with Gasteiger partial charge in [0, 0.05) is 12.6 Å². The highest BCUT2D eigenvalue weighted by atomic mass is 19.1. The van der Waals surface area contributed by atoms with E-state index in [-0.39, 0.29) is 23.5 Å². The second-order valence-electron chi connectivity index (χ2n) is 6.41. The molecule has 0 saturated heterocycles. The Morgan fingerprint density at radius 3 is 2.41 bits per heavy atom. The fourth-order valence-electron chi connectivity index (χ4n) is 3.26. The Labute approximate surface area is 156 Å². The highest BCUT2D eigenvalue weighted by Gasteiger charge is 2.22. The van der Waals surface area contributed by atoms with Crippen LogP contribution < -0.4 is 5.56 Å². The zero-order valence-corrected chi connectivity index (χ0v) is 15.7. The first-order valence-corrected chi connectivity index (χ1v) is 8.47. The van der Waals surface area contributed by atoms with Crippen LogP contribution in [0.4, 0.5) is 4.39 Å². The summed E-state index contributed by atoms with van der Waals surface area (Å²) in [5.41, 5.74) is 3.71. The fraction of sp³-hybridized carbons (Fsp3) is 0.238. The SMILES string of the molecule is CC#Cc1cc(C)c(-c2c(O)n(C)n(Cc3ccc(F)cn3)c2=O)c(C)c1. The van der Waals surface area contributed by atoms with Crippen LogP contribution in [-0.2, 0) is 13.6 Å². The Bertz CT molecular complexity index is 1110. The first-order chi connectivity index (χ1) is 12.8. The van der Waals surface area contributed by atoms with Crippen LogP contribution in [-0.4, -0.2) is 19.5 Å². The summed E-state index contributed by atoms with van der Waals surface area (Å²) in [5, 5.41) is 10.6. The van der Waals surface area contributed by atoms with Crippen LogP contribution in [0.3, 0.4) is 0 Å². The number of aromatic nitrogens is 3. The molecular weight excluding hydrogens is 345 g/mol. The van der Waals surface area contributed by atoms with Crippen LogP contribution in [0, 0.1) is 31.5 Å². The third-order valence-corrected chi connectivity index (χ3v) is 4.49. The summed E-state index contributed by atoms with van der Waals surface area (Å²) in [6, 6.07) is 6.60. The zero-order valence-electron chi connectivity index (χ0n) is 15.7. The quantitative estimate of drug-likeness (QED) is 0.726. The van der Waals surface area contributed by atoms with Crippen molar-refractivity contribution >= 4 is 0 Å². The topological polar surface area (TPSA) is 60.1 Å². The molecule has 0 atom stereocenters. The molecule has 2 heterocycles. The minimum atomic E-state index is -0.442. The molecule has 0 fully saturated rings. The number of pyridine rings is 1. The van der Waals surface area contributed by atoms with Gasteiger partial charge in [-0.15, -0.1) is 5.92 Å². The molecule has 1 aromatic carbocycles. The number of aromatic hydroxyl groups is 1. The summed E-state index contributed by atoms with van der Waals surface area (Å²) in [4.78, 5) is 17.0. The van der Waals surface area contributed by atoms with Crippen molar-refractivity contribution in [2.24, 2.45) is 7.05 Å². The fourth-order valence-corrected chi connectivity index (χ4v) is 3.26. The molecule has 138 valence electrons. The summed E-state index contributed by atoms with van der Waals surface area (Å²) in [6.45, 7) is 5.67. The lowest BCUT2D eigenvalue weighted by Gasteiger charge is -2.09. The van der Waals surface area contributed by atoms with Gasteiger partial charge in [0.05, 0.1) is 18.4 Å². The minimum absolute atomic E-state index is 0.123. The smallest absolute Gasteiger partial charge is 0.278 e. The van der Waals surface area contributed by atoms with Gasteiger partial charge in [0.25, 0.3) is 5.56 Å². The molecule has 0 aliphatic carbocycles. The van der Waals surface area contributed by atoms with Crippen molar-refractivity contribution in [2.45, 2.75) is 27.3 Å². The van der Waals surface area contributed by atoms with Gasteiger partial charge in [0.1, 0.15) is 11.4 Å². The molecule has 3 rings (SSSR count). The molecule has 0 bridgehead atoms. The van der Waals surface area contributed by atoms with E-state index in [2.05, 4.69) is 16.8 Å². The second kappa shape index (κ2) is 7.12. The maximum Gasteiger partial charge on any atom is 0.278 e. The van der Waals surface area contributed by atoms with E-state index >= 15 is 0 Å². The Morgan fingerprint density at radius 1 is 1.19 bits per heavy atom. The Morgan fingerprint density at radius 2 is 1.85 bits per heavy atom. The van der Waals surface area contributed by atoms with Crippen LogP contribution in [0.1, 0.15) is 29.3 Å². The number of halogens is 1. The maximum absolute atomic E-state index is 13.1. The van der Waals surface area contributed by atoms with Gasteiger partial charge in [0.2, 0.25) is 5.88 Å². The predicted octanol–water partition coefficient (Wildman–Crippen LogP) is 3.13. The van der Waals surface area contributed by atoms with E-state index < -0.39 is 5.82 Å². The van der Waals surface area contributed by atoms with Gasteiger partial charge in [-0.3, -0.25) is 14.5 Å². The maximum atomic E-state index is 13.1. The second-order valence-corrected chi connectivity index (χ2v) is 6.41. The van der Waals surface area contributed by atoms with E-state index in [4.69, 9.17) is 0 Å². The molecule has 5 nitrogen and oxygen atoms in total. The standard InChI is InChI=1S/C21H20FN3O2/c1-5-6-15-9-13(2)18(14(3)10-15)19-20(26)24(4)25(21(19)27)12-17-8-7-16(22)11-23-17/h7-11,26H,12H2,1-4H3. The summed E-state index contributed by atoms with van der Waals surface area (Å²) >= 11 is 0. The molecule has 27 heavy (non-hydrogen) atoms. The molecule has 6 heteroatoms. The van der Waals surface area contributed by atoms with E-state index in [9.17, 15) is 14.3 Å². The van der Waals surface area contributed by atoms with Gasteiger partial charge in [-0.1, -0.05) is 5.92 Å². The minimum Gasteiger partial charge on any atom is -0.493 e. The van der Waals surface area contributed by atoms with E-state index in [0.29, 0.717) is 11.3 Å². The average Bonchev–Trinajstić information content (AvgIpc) is 2.81. The molecule has 0 unspecified atom stereocenters. The molecule has 0 spiro atoms. The highest BCUT2D eigenvalue weighted by molar-refractivity contribution is 5.75. The van der Waals surface area contributed by atoms with Crippen LogP contribution >= 0.6 is 0 Å². The van der Waals surface area contributed by atoms with Crippen molar-refractivity contribution < 1.29 is 9.50 Å². The van der Waals surface area contributed by atoms with Gasteiger partial charge in [-0.05, 0) is 61.7 Å². The van der Waals surface area contributed by atoms with E-state index in [1.807, 2.05) is 26.0 Å². The number of hydrogen-bond donors (Lipinski definition) is 1. The van der Waals surface area contributed by atoms with Gasteiger partial charge in [-0.25, -0.2) is 9.07 Å². The first kappa shape index (κ1) is 18.5. The van der Waals surface area contributed by atoms with E-state index in [1.165, 1.54) is 21.5 Å². The number of rotatable bonds is 3. The predicted molar refractivity (Wildman–Crippen MR) is 102 cm³/mol. The summed E-state index contributed by atoms with van der Waals surface area (Å²) in [5.74, 6) is 5.31. The Kier molecular flexibility index (Phi) is 4.87. The normalized spacial score (nSPS) is 10.6. The summed E-state index contributed by atoms with van der Waals surface area (Å²) < 4.78 is 15.8.